The Balaban J connectivity index is 2.38. The van der Waals surface area contributed by atoms with Crippen molar-refractivity contribution in [3.8, 4) is 5.69 Å². The summed E-state index contributed by atoms with van der Waals surface area (Å²) in [6.07, 6.45) is 0. The minimum absolute atomic E-state index is 0.616. The number of nitrogens with one attached hydrogen (secondary N) is 1. The second-order valence-electron chi connectivity index (χ2n) is 4.07. The second kappa shape index (κ2) is 4.23. The van der Waals surface area contributed by atoms with Crippen LogP contribution in [0, 0.1) is 11.7 Å². The molecule has 0 bridgehead atoms. The lowest BCUT2D eigenvalue weighted by Crippen LogP contribution is -1.96. The van der Waals surface area contributed by atoms with Crippen LogP contribution in [0.1, 0.15) is 5.69 Å². The number of aryl methyl sites for hydroxylation is 1. The zero-order valence-corrected chi connectivity index (χ0v) is 11.2. The zero-order valence-electron chi connectivity index (χ0n) is 9.64. The molecule has 0 saturated heterocycles. The van der Waals surface area contributed by atoms with E-state index in [9.17, 15) is 0 Å². The molecule has 0 aliphatic carbocycles. The van der Waals surface area contributed by atoms with E-state index in [0.29, 0.717) is 9.79 Å². The number of aromatic amines is 1. The number of H-pyrrole nitrogens is 1. The second-order valence-corrected chi connectivity index (χ2v) is 4.89. The van der Waals surface area contributed by atoms with Gasteiger partial charge >= 0.3 is 0 Å². The quantitative estimate of drug-likeness (QED) is 0.680. The summed E-state index contributed by atoms with van der Waals surface area (Å²) in [4.78, 5) is 7.67. The van der Waals surface area contributed by atoms with E-state index >= 15 is 0 Å². The first-order chi connectivity index (χ1) is 8.65. The van der Waals surface area contributed by atoms with E-state index < -0.39 is 0 Å². The number of halogens is 1. The highest BCUT2D eigenvalue weighted by Crippen LogP contribution is 2.20. The van der Waals surface area contributed by atoms with Crippen LogP contribution in [0.15, 0.2) is 36.4 Å². The first-order valence-electron chi connectivity index (χ1n) is 5.49. The summed E-state index contributed by atoms with van der Waals surface area (Å²) >= 11 is 11.4. The molecule has 0 aliphatic heterocycles. The highest BCUT2D eigenvalue weighted by atomic mass is 35.5. The Hall–Kier alpha value is -1.65. The third kappa shape index (κ3) is 1.83. The fraction of sp³-hybridized carbons (Fsp3) is 0.0769. The van der Waals surface area contributed by atoms with Crippen molar-refractivity contribution in [2.45, 2.75) is 6.92 Å². The SMILES string of the molecule is Cc1ccc2[nH]c(=S)n(-c3cccc(Cl)c3)c2n1. The van der Waals surface area contributed by atoms with Gasteiger partial charge in [-0.15, -0.1) is 0 Å². The van der Waals surface area contributed by atoms with Crippen LogP contribution in [-0.4, -0.2) is 14.5 Å². The molecule has 3 nitrogen and oxygen atoms in total. The molecule has 18 heavy (non-hydrogen) atoms. The fourth-order valence-electron chi connectivity index (χ4n) is 1.93. The number of hydrogen-bond donors (Lipinski definition) is 1. The van der Waals surface area contributed by atoms with Crippen molar-refractivity contribution < 1.29 is 0 Å². The van der Waals surface area contributed by atoms with Gasteiger partial charge in [0.2, 0.25) is 0 Å². The third-order valence-electron chi connectivity index (χ3n) is 2.74. The van der Waals surface area contributed by atoms with Crippen LogP contribution in [0.5, 0.6) is 0 Å². The molecule has 2 heterocycles. The molecule has 0 unspecified atom stereocenters. The van der Waals surface area contributed by atoms with E-state index in [1.165, 1.54) is 0 Å². The molecule has 90 valence electrons. The van der Waals surface area contributed by atoms with Crippen molar-refractivity contribution >= 4 is 35.0 Å². The number of aromatic nitrogens is 3. The van der Waals surface area contributed by atoms with Crippen molar-refractivity contribution in [1.82, 2.24) is 14.5 Å². The summed E-state index contributed by atoms with van der Waals surface area (Å²) in [5.74, 6) is 0. The minimum Gasteiger partial charge on any atom is -0.329 e. The zero-order chi connectivity index (χ0) is 12.7. The monoisotopic (exact) mass is 275 g/mol. The molecule has 3 aromatic rings. The van der Waals surface area contributed by atoms with Crippen molar-refractivity contribution in [2.24, 2.45) is 0 Å². The molecule has 0 radical (unpaired) electrons. The van der Waals surface area contributed by atoms with E-state index in [-0.39, 0.29) is 0 Å². The smallest absolute Gasteiger partial charge is 0.183 e. The molecule has 1 N–H and O–H groups in total. The van der Waals surface area contributed by atoms with E-state index in [2.05, 4.69) is 9.97 Å². The molecule has 2 aromatic heterocycles. The molecule has 5 heteroatoms. The fourth-order valence-corrected chi connectivity index (χ4v) is 2.42. The van der Waals surface area contributed by atoms with Crippen molar-refractivity contribution in [3.05, 3.63) is 51.9 Å². The van der Waals surface area contributed by atoms with Crippen molar-refractivity contribution in [2.75, 3.05) is 0 Å². The largest absolute Gasteiger partial charge is 0.329 e. The minimum atomic E-state index is 0.616. The Morgan fingerprint density at radius 3 is 2.89 bits per heavy atom. The lowest BCUT2D eigenvalue weighted by Gasteiger charge is -2.04. The van der Waals surface area contributed by atoms with Crippen LogP contribution in [0.25, 0.3) is 16.9 Å². The van der Waals surface area contributed by atoms with Gasteiger partial charge in [0, 0.05) is 10.7 Å². The Morgan fingerprint density at radius 1 is 1.28 bits per heavy atom. The maximum absolute atomic E-state index is 6.02. The molecular weight excluding hydrogens is 266 g/mol. The van der Waals surface area contributed by atoms with Gasteiger partial charge in [0.05, 0.1) is 11.2 Å². The Bertz CT molecular complexity index is 788. The van der Waals surface area contributed by atoms with Crippen LogP contribution in [0.3, 0.4) is 0 Å². The number of benzene rings is 1. The summed E-state index contributed by atoms with van der Waals surface area (Å²) in [6.45, 7) is 1.96. The van der Waals surface area contributed by atoms with Crippen molar-refractivity contribution in [1.29, 1.82) is 0 Å². The van der Waals surface area contributed by atoms with Gasteiger partial charge in [0.25, 0.3) is 0 Å². The van der Waals surface area contributed by atoms with Gasteiger partial charge in [-0.25, -0.2) is 4.98 Å². The number of hydrogen-bond acceptors (Lipinski definition) is 2. The summed E-state index contributed by atoms with van der Waals surface area (Å²) in [5, 5.41) is 0.677. The van der Waals surface area contributed by atoms with Gasteiger partial charge in [0.1, 0.15) is 0 Å². The van der Waals surface area contributed by atoms with Crippen molar-refractivity contribution in [3.63, 3.8) is 0 Å². The lowest BCUT2D eigenvalue weighted by atomic mass is 10.3. The van der Waals surface area contributed by atoms with E-state index in [4.69, 9.17) is 23.8 Å². The molecule has 0 spiro atoms. The number of rotatable bonds is 1. The first kappa shape index (κ1) is 11.4. The molecular formula is C13H10ClN3S. The predicted molar refractivity (Wildman–Crippen MR) is 76.0 cm³/mol. The van der Waals surface area contributed by atoms with Crippen LogP contribution < -0.4 is 0 Å². The Morgan fingerprint density at radius 2 is 2.11 bits per heavy atom. The van der Waals surface area contributed by atoms with Crippen LogP contribution in [0.4, 0.5) is 0 Å². The van der Waals surface area contributed by atoms with Gasteiger partial charge in [-0.1, -0.05) is 17.7 Å². The highest BCUT2D eigenvalue weighted by molar-refractivity contribution is 7.71. The van der Waals surface area contributed by atoms with Gasteiger partial charge in [-0.2, -0.15) is 0 Å². The Labute approximate surface area is 114 Å². The molecule has 1 aromatic carbocycles. The predicted octanol–water partition coefficient (Wildman–Crippen LogP) is 4.04. The van der Waals surface area contributed by atoms with Gasteiger partial charge in [0.15, 0.2) is 10.4 Å². The normalized spacial score (nSPS) is 11.0. The van der Waals surface area contributed by atoms with Crippen LogP contribution >= 0.6 is 23.8 Å². The van der Waals surface area contributed by atoms with Gasteiger partial charge in [-0.05, 0) is 49.5 Å². The van der Waals surface area contributed by atoms with Gasteiger partial charge in [-0.3, -0.25) is 4.57 Å². The number of nitrogens with zero attached hydrogens (tertiary/aromatic N) is 2. The first-order valence-corrected chi connectivity index (χ1v) is 6.28. The summed E-state index contributed by atoms with van der Waals surface area (Å²) in [7, 11) is 0. The summed E-state index contributed by atoms with van der Waals surface area (Å²) in [5.41, 5.74) is 3.61. The van der Waals surface area contributed by atoms with E-state index in [1.807, 2.05) is 47.9 Å². The number of fused-ring (bicyclic) bond motifs is 1. The Kier molecular flexibility index (Phi) is 2.69. The summed E-state index contributed by atoms with van der Waals surface area (Å²) in [6, 6.07) is 11.5. The molecule has 3 rings (SSSR count). The third-order valence-corrected chi connectivity index (χ3v) is 3.26. The number of imidazole rings is 1. The highest BCUT2D eigenvalue weighted by Gasteiger charge is 2.08. The van der Waals surface area contributed by atoms with E-state index in [1.54, 1.807) is 0 Å². The number of pyridine rings is 1. The average molecular weight is 276 g/mol. The van der Waals surface area contributed by atoms with E-state index in [0.717, 1.165) is 22.5 Å². The summed E-state index contributed by atoms with van der Waals surface area (Å²) < 4.78 is 2.51. The topological polar surface area (TPSA) is 33.6 Å². The maximum Gasteiger partial charge on any atom is 0.183 e. The van der Waals surface area contributed by atoms with Crippen LogP contribution in [-0.2, 0) is 0 Å². The van der Waals surface area contributed by atoms with Gasteiger partial charge < -0.3 is 4.98 Å². The molecule has 0 aliphatic rings. The lowest BCUT2D eigenvalue weighted by molar-refractivity contribution is 1.04. The maximum atomic E-state index is 6.02. The van der Waals surface area contributed by atoms with Crippen LogP contribution in [0.2, 0.25) is 5.02 Å². The molecule has 0 saturated carbocycles. The molecule has 0 fully saturated rings. The molecule has 0 amide bonds. The standard InChI is InChI=1S/C13H10ClN3S/c1-8-5-6-11-12(15-8)17(13(18)16-11)10-4-2-3-9(14)7-10/h2-7H,1H3,(H,16,18). The molecule has 0 atom stereocenters. The average Bonchev–Trinajstić information content (AvgIpc) is 2.64.